The molecule has 3 aromatic rings. The molecule has 2 atom stereocenters. The van der Waals surface area contributed by atoms with Crippen LogP contribution in [0.25, 0.3) is 10.1 Å². The van der Waals surface area contributed by atoms with Gasteiger partial charge in [0.05, 0.1) is 21.4 Å². The third kappa shape index (κ3) is 4.99. The van der Waals surface area contributed by atoms with Crippen LogP contribution < -0.4 is 10.5 Å². The fourth-order valence-electron chi connectivity index (χ4n) is 5.01. The average molecular weight is 544 g/mol. The van der Waals surface area contributed by atoms with Crippen molar-refractivity contribution in [3.8, 4) is 0 Å². The molecule has 37 heavy (non-hydrogen) atoms. The van der Waals surface area contributed by atoms with Crippen molar-refractivity contribution in [3.05, 3.63) is 73.6 Å². The Morgan fingerprint density at radius 1 is 0.946 bits per heavy atom. The number of nitro benzene ring substituents is 1. The monoisotopic (exact) mass is 544 g/mol. The number of benzene rings is 2. The van der Waals surface area contributed by atoms with Gasteiger partial charge in [0.25, 0.3) is 11.2 Å². The number of hydrogen-bond acceptors (Lipinski definition) is 7. The fourth-order valence-corrected chi connectivity index (χ4v) is 6.09. The fraction of sp³-hybridized carbons (Fsp3) is 0.391. The molecule has 1 aromatic heterocycles. The van der Waals surface area contributed by atoms with E-state index >= 15 is 0 Å². The van der Waals surface area contributed by atoms with Gasteiger partial charge in [0.15, 0.2) is 5.13 Å². The summed E-state index contributed by atoms with van der Waals surface area (Å²) in [7, 11) is 0. The van der Waals surface area contributed by atoms with Gasteiger partial charge in [-0.2, -0.15) is 31.3 Å². The second-order valence-electron chi connectivity index (χ2n) is 9.24. The van der Waals surface area contributed by atoms with Gasteiger partial charge in [-0.3, -0.25) is 19.8 Å². The highest BCUT2D eigenvalue weighted by Crippen LogP contribution is 2.40. The number of hydrogen-bond donors (Lipinski definition) is 0. The zero-order chi connectivity index (χ0) is 26.7. The molecule has 0 saturated carbocycles. The number of rotatable bonds is 4. The minimum absolute atomic E-state index is 0.158. The van der Waals surface area contributed by atoms with Gasteiger partial charge in [0.1, 0.15) is 4.70 Å². The van der Waals surface area contributed by atoms with E-state index in [4.69, 9.17) is 0 Å². The zero-order valence-electron chi connectivity index (χ0n) is 18.8. The summed E-state index contributed by atoms with van der Waals surface area (Å²) >= 11 is 0.818. The lowest BCUT2D eigenvalue weighted by molar-refractivity contribution is -0.383. The number of non-ortho nitro benzene ring substituents is 1. The number of alkyl halides is 6. The maximum absolute atomic E-state index is 13.2. The summed E-state index contributed by atoms with van der Waals surface area (Å²) in [4.78, 5) is 31.1. The maximum atomic E-state index is 13.2. The van der Waals surface area contributed by atoms with E-state index in [1.54, 1.807) is 0 Å². The van der Waals surface area contributed by atoms with Gasteiger partial charge in [-0.15, -0.1) is 0 Å². The first-order valence-corrected chi connectivity index (χ1v) is 11.9. The number of halogens is 6. The highest BCUT2D eigenvalue weighted by Gasteiger charge is 2.41. The van der Waals surface area contributed by atoms with Crippen LogP contribution in [0.15, 0.2) is 41.2 Å². The van der Waals surface area contributed by atoms with Crippen LogP contribution in [0.5, 0.6) is 0 Å². The second-order valence-corrected chi connectivity index (χ2v) is 10.2. The number of anilines is 1. The minimum Gasteiger partial charge on any atom is -0.347 e. The summed E-state index contributed by atoms with van der Waals surface area (Å²) in [5, 5.41) is 11.3. The van der Waals surface area contributed by atoms with Gasteiger partial charge < -0.3 is 4.90 Å². The SMILES string of the molecule is O=c1nc(N2CC3CN(Cc4ccc(C(F)(F)F)cc4)CC3C2)sc2c([N+](=O)[O-])cc(C(F)(F)F)cc12. The van der Waals surface area contributed by atoms with Gasteiger partial charge >= 0.3 is 12.4 Å². The van der Waals surface area contributed by atoms with Gasteiger partial charge in [0, 0.05) is 38.8 Å². The molecule has 2 saturated heterocycles. The molecule has 0 amide bonds. The van der Waals surface area contributed by atoms with Gasteiger partial charge in [-0.05, 0) is 35.6 Å². The Bertz CT molecular complexity index is 1410. The van der Waals surface area contributed by atoms with Crippen molar-refractivity contribution < 1.29 is 31.3 Å². The Morgan fingerprint density at radius 3 is 2.08 bits per heavy atom. The number of aromatic nitrogens is 1. The van der Waals surface area contributed by atoms with E-state index in [0.29, 0.717) is 44.9 Å². The standard InChI is InChI=1S/C23H18F6N4O3S/c24-22(25,26)15-3-1-12(2-4-15)7-31-8-13-10-32(11-14(13)9-31)21-30-20(34)17-5-16(23(27,28)29)6-18(33(35)36)19(17)37-21/h1-6,13-14H,7-11H2. The summed E-state index contributed by atoms with van der Waals surface area (Å²) < 4.78 is 77.7. The normalized spacial score (nSPS) is 20.5. The van der Waals surface area contributed by atoms with Crippen molar-refractivity contribution in [2.45, 2.75) is 18.9 Å². The predicted octanol–water partition coefficient (Wildman–Crippen LogP) is 5.17. The molecule has 2 unspecified atom stereocenters. The van der Waals surface area contributed by atoms with Gasteiger partial charge in [-0.1, -0.05) is 23.5 Å². The van der Waals surface area contributed by atoms with Crippen LogP contribution in [0.3, 0.4) is 0 Å². The average Bonchev–Trinajstić information content (AvgIpc) is 3.36. The third-order valence-corrected chi connectivity index (χ3v) is 7.90. The maximum Gasteiger partial charge on any atom is 0.416 e. The number of nitro groups is 1. The molecule has 2 aromatic carbocycles. The Kier molecular flexibility index (Phi) is 6.14. The molecule has 196 valence electrons. The Hall–Kier alpha value is -3.26. The van der Waals surface area contributed by atoms with Crippen molar-refractivity contribution in [3.63, 3.8) is 0 Å². The van der Waals surface area contributed by atoms with Crippen molar-refractivity contribution >= 4 is 32.2 Å². The summed E-state index contributed by atoms with van der Waals surface area (Å²) in [5.74, 6) is 0.355. The van der Waals surface area contributed by atoms with Crippen LogP contribution in [-0.4, -0.2) is 41.0 Å². The van der Waals surface area contributed by atoms with Crippen molar-refractivity contribution in [2.75, 3.05) is 31.1 Å². The largest absolute Gasteiger partial charge is 0.416 e. The molecular weight excluding hydrogens is 526 g/mol. The molecule has 2 fully saturated rings. The van der Waals surface area contributed by atoms with Gasteiger partial charge in [-0.25, -0.2) is 0 Å². The molecule has 14 heteroatoms. The molecule has 0 spiro atoms. The van der Waals surface area contributed by atoms with Crippen LogP contribution in [0, 0.1) is 22.0 Å². The third-order valence-electron chi connectivity index (χ3n) is 6.73. The lowest BCUT2D eigenvalue weighted by Crippen LogP contribution is -2.29. The molecule has 3 heterocycles. The molecule has 2 aliphatic heterocycles. The quantitative estimate of drug-likeness (QED) is 0.256. The van der Waals surface area contributed by atoms with Crippen molar-refractivity contribution in [1.29, 1.82) is 0 Å². The number of nitrogens with zero attached hydrogens (tertiary/aromatic N) is 4. The molecular formula is C23H18F6N4O3S. The van der Waals surface area contributed by atoms with E-state index in [2.05, 4.69) is 9.88 Å². The molecule has 0 radical (unpaired) electrons. The van der Waals surface area contributed by atoms with E-state index in [0.717, 1.165) is 29.0 Å². The highest BCUT2D eigenvalue weighted by molar-refractivity contribution is 7.22. The Balaban J connectivity index is 1.32. The van der Waals surface area contributed by atoms with E-state index in [1.807, 2.05) is 4.90 Å². The van der Waals surface area contributed by atoms with E-state index in [-0.39, 0.29) is 21.7 Å². The molecule has 0 N–H and O–H groups in total. The second kappa shape index (κ2) is 8.94. The van der Waals surface area contributed by atoms with Gasteiger partial charge in [0.2, 0.25) is 0 Å². The topological polar surface area (TPSA) is 79.6 Å². The number of likely N-dealkylation sites (tertiary alicyclic amines) is 1. The molecule has 2 aliphatic rings. The minimum atomic E-state index is -4.85. The molecule has 7 nitrogen and oxygen atoms in total. The molecule has 0 bridgehead atoms. The summed E-state index contributed by atoms with van der Waals surface area (Å²) in [5.41, 5.74) is -2.99. The first-order valence-electron chi connectivity index (χ1n) is 11.1. The van der Waals surface area contributed by atoms with Crippen molar-refractivity contribution in [2.24, 2.45) is 11.8 Å². The highest BCUT2D eigenvalue weighted by atomic mass is 32.1. The molecule has 0 aliphatic carbocycles. The summed E-state index contributed by atoms with van der Waals surface area (Å²) in [6.45, 7) is 2.81. The first kappa shape index (κ1) is 25.4. The predicted molar refractivity (Wildman–Crippen MR) is 123 cm³/mol. The Labute approximate surface area is 209 Å². The van der Waals surface area contributed by atoms with Crippen LogP contribution in [0.2, 0.25) is 0 Å². The van der Waals surface area contributed by atoms with E-state index in [9.17, 15) is 41.3 Å². The van der Waals surface area contributed by atoms with Crippen LogP contribution in [-0.2, 0) is 18.9 Å². The van der Waals surface area contributed by atoms with Crippen LogP contribution in [0.1, 0.15) is 16.7 Å². The van der Waals surface area contributed by atoms with Crippen LogP contribution >= 0.6 is 11.3 Å². The summed E-state index contributed by atoms with van der Waals surface area (Å²) in [6, 6.07) is 6.04. The molecule has 5 rings (SSSR count). The zero-order valence-corrected chi connectivity index (χ0v) is 19.7. The van der Waals surface area contributed by atoms with Crippen molar-refractivity contribution in [1.82, 2.24) is 9.88 Å². The van der Waals surface area contributed by atoms with Crippen LogP contribution in [0.4, 0.5) is 37.2 Å². The van der Waals surface area contributed by atoms with E-state index in [1.165, 1.54) is 12.1 Å². The number of fused-ring (bicyclic) bond motifs is 2. The summed E-state index contributed by atoms with van der Waals surface area (Å²) in [6.07, 6.45) is -9.25. The Morgan fingerprint density at radius 2 is 1.54 bits per heavy atom. The van der Waals surface area contributed by atoms with E-state index < -0.39 is 45.0 Å². The first-order chi connectivity index (χ1) is 17.3. The smallest absolute Gasteiger partial charge is 0.347 e. The lowest BCUT2D eigenvalue weighted by atomic mass is 10.0. The lowest BCUT2D eigenvalue weighted by Gasteiger charge is -2.22.